The number of aromatic nitrogens is 4. The molecule has 8 heteroatoms. The van der Waals surface area contributed by atoms with Crippen molar-refractivity contribution in [3.05, 3.63) is 57.7 Å². The van der Waals surface area contributed by atoms with E-state index < -0.39 is 0 Å². The van der Waals surface area contributed by atoms with Crippen molar-refractivity contribution in [3.63, 3.8) is 0 Å². The normalized spacial score (nSPS) is 11.1. The summed E-state index contributed by atoms with van der Waals surface area (Å²) in [4.78, 5) is 11.3. The first kappa shape index (κ1) is 17.6. The van der Waals surface area contributed by atoms with E-state index in [2.05, 4.69) is 25.7 Å². The number of halogens is 1. The Labute approximate surface area is 164 Å². The number of H-pyrrole nitrogens is 1. The molecule has 0 spiro atoms. The Morgan fingerprint density at radius 2 is 2.11 bits per heavy atom. The van der Waals surface area contributed by atoms with Crippen molar-refractivity contribution in [2.24, 2.45) is 0 Å². The standard InChI is InChI=1S/C19H16ClN5OS/c1-10-5-13(7-14(6-10)22-11(2)26)19-25-24-17(27-19)8-12-3-4-16-15(18(12)20)9-21-23-16/h3-7,9H,8H2,1-2H3,(H,21,23)(H,22,26). The average Bonchev–Trinajstić information content (AvgIpc) is 3.26. The summed E-state index contributed by atoms with van der Waals surface area (Å²) in [6, 6.07) is 9.80. The molecule has 0 unspecified atom stereocenters. The van der Waals surface area contributed by atoms with Crippen LogP contribution in [0.1, 0.15) is 23.1 Å². The molecule has 6 nitrogen and oxygen atoms in total. The molecular weight excluding hydrogens is 382 g/mol. The summed E-state index contributed by atoms with van der Waals surface area (Å²) in [5.74, 6) is -0.103. The van der Waals surface area contributed by atoms with Crippen LogP contribution < -0.4 is 5.32 Å². The van der Waals surface area contributed by atoms with Gasteiger partial charge in [-0.3, -0.25) is 9.89 Å². The monoisotopic (exact) mass is 397 g/mol. The zero-order valence-corrected chi connectivity index (χ0v) is 16.3. The summed E-state index contributed by atoms with van der Waals surface area (Å²) in [5, 5.41) is 21.7. The Morgan fingerprint density at radius 1 is 1.26 bits per heavy atom. The zero-order valence-electron chi connectivity index (χ0n) is 14.7. The lowest BCUT2D eigenvalue weighted by atomic mass is 10.1. The largest absolute Gasteiger partial charge is 0.326 e. The molecule has 0 atom stereocenters. The van der Waals surface area contributed by atoms with Crippen LogP contribution in [0, 0.1) is 6.92 Å². The third-order valence-corrected chi connectivity index (χ3v) is 5.51. The van der Waals surface area contributed by atoms with Crippen molar-refractivity contribution in [1.29, 1.82) is 0 Å². The Morgan fingerprint density at radius 3 is 2.93 bits per heavy atom. The quantitative estimate of drug-likeness (QED) is 0.527. The molecule has 0 bridgehead atoms. The third-order valence-electron chi connectivity index (χ3n) is 4.09. The number of carbonyl (C=O) groups excluding carboxylic acids is 1. The highest BCUT2D eigenvalue weighted by atomic mass is 35.5. The second-order valence-corrected chi connectivity index (χ2v) is 7.76. The van der Waals surface area contributed by atoms with Crippen molar-refractivity contribution in [3.8, 4) is 10.6 Å². The Hall–Kier alpha value is -2.77. The first-order valence-corrected chi connectivity index (χ1v) is 9.51. The number of fused-ring (bicyclic) bond motifs is 1. The predicted octanol–water partition coefficient (Wildman–Crippen LogP) is 4.59. The molecule has 0 aliphatic heterocycles. The van der Waals surface area contributed by atoms with Crippen LogP contribution in [0.3, 0.4) is 0 Å². The van der Waals surface area contributed by atoms with E-state index in [0.717, 1.165) is 43.3 Å². The number of anilines is 1. The number of aromatic amines is 1. The molecule has 136 valence electrons. The van der Waals surface area contributed by atoms with Gasteiger partial charge in [-0.05, 0) is 42.3 Å². The van der Waals surface area contributed by atoms with Gasteiger partial charge in [-0.2, -0.15) is 5.10 Å². The van der Waals surface area contributed by atoms with Crippen LogP contribution in [-0.4, -0.2) is 26.3 Å². The molecule has 0 aliphatic carbocycles. The van der Waals surface area contributed by atoms with Crippen molar-refractivity contribution in [2.75, 3.05) is 5.32 Å². The van der Waals surface area contributed by atoms with E-state index >= 15 is 0 Å². The zero-order chi connectivity index (χ0) is 19.0. The minimum Gasteiger partial charge on any atom is -0.326 e. The summed E-state index contributed by atoms with van der Waals surface area (Å²) in [6.45, 7) is 3.47. The van der Waals surface area contributed by atoms with Crippen LogP contribution in [0.25, 0.3) is 21.5 Å². The van der Waals surface area contributed by atoms with Gasteiger partial charge in [0.2, 0.25) is 5.91 Å². The van der Waals surface area contributed by atoms with E-state index in [4.69, 9.17) is 11.6 Å². The average molecular weight is 398 g/mol. The number of nitrogens with zero attached hydrogens (tertiary/aromatic N) is 3. The topological polar surface area (TPSA) is 83.6 Å². The highest BCUT2D eigenvalue weighted by Gasteiger charge is 2.13. The van der Waals surface area contributed by atoms with Crippen molar-refractivity contribution >= 4 is 45.4 Å². The van der Waals surface area contributed by atoms with Gasteiger partial charge in [0.1, 0.15) is 10.0 Å². The van der Waals surface area contributed by atoms with Gasteiger partial charge in [0.25, 0.3) is 0 Å². The minimum absolute atomic E-state index is 0.103. The number of benzene rings is 2. The number of aryl methyl sites for hydroxylation is 1. The molecule has 0 radical (unpaired) electrons. The first-order chi connectivity index (χ1) is 13.0. The molecule has 0 saturated heterocycles. The molecule has 27 heavy (non-hydrogen) atoms. The molecule has 4 aromatic rings. The molecule has 1 amide bonds. The highest BCUT2D eigenvalue weighted by Crippen LogP contribution is 2.31. The van der Waals surface area contributed by atoms with Crippen molar-refractivity contribution in [2.45, 2.75) is 20.3 Å². The number of nitrogens with one attached hydrogen (secondary N) is 2. The van der Waals surface area contributed by atoms with Gasteiger partial charge in [-0.25, -0.2) is 0 Å². The third kappa shape index (κ3) is 3.70. The Bertz CT molecular complexity index is 1150. The fourth-order valence-electron chi connectivity index (χ4n) is 2.95. The molecular formula is C19H16ClN5OS. The van der Waals surface area contributed by atoms with Gasteiger partial charge in [-0.1, -0.05) is 29.0 Å². The molecule has 2 N–H and O–H groups in total. The van der Waals surface area contributed by atoms with E-state index in [0.29, 0.717) is 11.4 Å². The maximum absolute atomic E-state index is 11.3. The van der Waals surface area contributed by atoms with E-state index in [1.807, 2.05) is 37.3 Å². The fourth-order valence-corrected chi connectivity index (χ4v) is 4.08. The van der Waals surface area contributed by atoms with E-state index in [-0.39, 0.29) is 5.91 Å². The minimum atomic E-state index is -0.103. The molecule has 0 aliphatic rings. The number of carbonyl (C=O) groups is 1. The van der Waals surface area contributed by atoms with Crippen LogP contribution in [0.2, 0.25) is 5.02 Å². The van der Waals surface area contributed by atoms with Crippen LogP contribution in [0.5, 0.6) is 0 Å². The van der Waals surface area contributed by atoms with Crippen LogP contribution >= 0.6 is 22.9 Å². The number of rotatable bonds is 4. The summed E-state index contributed by atoms with van der Waals surface area (Å²) in [7, 11) is 0. The summed E-state index contributed by atoms with van der Waals surface area (Å²) in [6.07, 6.45) is 2.32. The van der Waals surface area contributed by atoms with E-state index in [1.54, 1.807) is 6.20 Å². The van der Waals surface area contributed by atoms with Crippen molar-refractivity contribution < 1.29 is 4.79 Å². The Kier molecular flexibility index (Phi) is 4.63. The second kappa shape index (κ2) is 7.09. The van der Waals surface area contributed by atoms with Crippen LogP contribution in [0.15, 0.2) is 36.5 Å². The fraction of sp³-hybridized carbons (Fsp3) is 0.158. The summed E-state index contributed by atoms with van der Waals surface area (Å²) >= 11 is 8.02. The highest BCUT2D eigenvalue weighted by molar-refractivity contribution is 7.14. The molecule has 4 rings (SSSR count). The van der Waals surface area contributed by atoms with Crippen molar-refractivity contribution in [1.82, 2.24) is 20.4 Å². The van der Waals surface area contributed by atoms with Gasteiger partial charge in [0.05, 0.1) is 16.7 Å². The van der Waals surface area contributed by atoms with E-state index in [9.17, 15) is 4.79 Å². The van der Waals surface area contributed by atoms with E-state index in [1.165, 1.54) is 18.3 Å². The molecule has 0 fully saturated rings. The smallest absolute Gasteiger partial charge is 0.221 e. The maximum Gasteiger partial charge on any atom is 0.221 e. The van der Waals surface area contributed by atoms with Gasteiger partial charge in [0.15, 0.2) is 0 Å². The molecule has 0 saturated carbocycles. The number of amides is 1. The maximum atomic E-state index is 11.3. The van der Waals surface area contributed by atoms with Gasteiger partial charge in [0, 0.05) is 30.0 Å². The van der Waals surface area contributed by atoms with Crippen LogP contribution in [-0.2, 0) is 11.2 Å². The summed E-state index contributed by atoms with van der Waals surface area (Å²) < 4.78 is 0. The predicted molar refractivity (Wildman–Crippen MR) is 108 cm³/mol. The summed E-state index contributed by atoms with van der Waals surface area (Å²) in [5.41, 5.74) is 4.62. The number of hydrogen-bond acceptors (Lipinski definition) is 5. The lowest BCUT2D eigenvalue weighted by Crippen LogP contribution is -2.05. The van der Waals surface area contributed by atoms with Crippen LogP contribution in [0.4, 0.5) is 5.69 Å². The Balaban J connectivity index is 1.62. The molecule has 2 aromatic heterocycles. The molecule has 2 heterocycles. The SMILES string of the molecule is CC(=O)Nc1cc(C)cc(-c2nnc(Cc3ccc4[nH]ncc4c3Cl)s2)c1. The van der Waals surface area contributed by atoms with Gasteiger partial charge in [-0.15, -0.1) is 10.2 Å². The van der Waals surface area contributed by atoms with Gasteiger partial charge >= 0.3 is 0 Å². The van der Waals surface area contributed by atoms with Gasteiger partial charge < -0.3 is 5.32 Å². The lowest BCUT2D eigenvalue weighted by molar-refractivity contribution is -0.114. The molecule has 2 aromatic carbocycles. The number of hydrogen-bond donors (Lipinski definition) is 2. The second-order valence-electron chi connectivity index (χ2n) is 6.32. The lowest BCUT2D eigenvalue weighted by Gasteiger charge is -2.06. The first-order valence-electron chi connectivity index (χ1n) is 8.32.